The van der Waals surface area contributed by atoms with Gasteiger partial charge in [0.1, 0.15) is 0 Å². The lowest BCUT2D eigenvalue weighted by atomic mass is 10.2. The van der Waals surface area contributed by atoms with Gasteiger partial charge in [-0.1, -0.05) is 44.2 Å². The van der Waals surface area contributed by atoms with Gasteiger partial charge in [0.25, 0.3) is 0 Å². The summed E-state index contributed by atoms with van der Waals surface area (Å²) in [6, 6.07) is 19.0. The number of benzene rings is 2. The first kappa shape index (κ1) is 22.3. The normalized spacial score (nSPS) is 14.8. The summed E-state index contributed by atoms with van der Waals surface area (Å²) in [5.41, 5.74) is 3.48. The summed E-state index contributed by atoms with van der Waals surface area (Å²) in [7, 11) is 0. The number of nitrogens with zero attached hydrogens (tertiary/aromatic N) is 3. The van der Waals surface area contributed by atoms with Crippen molar-refractivity contribution in [3.63, 3.8) is 0 Å². The van der Waals surface area contributed by atoms with E-state index in [1.807, 2.05) is 12.1 Å². The molecule has 0 atom stereocenters. The highest BCUT2D eigenvalue weighted by Crippen LogP contribution is 2.20. The molecule has 0 radical (unpaired) electrons. The van der Waals surface area contributed by atoms with E-state index in [1.54, 1.807) is 0 Å². The molecule has 1 saturated heterocycles. The van der Waals surface area contributed by atoms with Crippen LogP contribution in [-0.4, -0.2) is 61.5 Å². The molecule has 1 aliphatic heterocycles. The number of piperazine rings is 1. The zero-order chi connectivity index (χ0) is 21.2. The molecule has 1 heterocycles. The summed E-state index contributed by atoms with van der Waals surface area (Å²) in [5.74, 6) is 0.0687. The third-order valence-corrected chi connectivity index (χ3v) is 5.58. The molecule has 0 aliphatic carbocycles. The Morgan fingerprint density at radius 1 is 0.900 bits per heavy atom. The molecule has 0 aromatic heterocycles. The van der Waals surface area contributed by atoms with E-state index in [0.717, 1.165) is 64.3 Å². The molecule has 1 amide bonds. The Morgan fingerprint density at radius 2 is 1.53 bits per heavy atom. The predicted molar refractivity (Wildman–Crippen MR) is 126 cm³/mol. The van der Waals surface area contributed by atoms with Gasteiger partial charge in [-0.15, -0.1) is 0 Å². The number of anilines is 2. The van der Waals surface area contributed by atoms with Crippen LogP contribution in [-0.2, 0) is 11.3 Å². The molecular formula is C25H36N4O. The quantitative estimate of drug-likeness (QED) is 0.643. The third-order valence-electron chi connectivity index (χ3n) is 5.58. The number of hydrogen-bond acceptors (Lipinski definition) is 4. The minimum absolute atomic E-state index is 0.0687. The Bertz CT molecular complexity index is 748. The fraction of sp³-hybridized carbons (Fsp3) is 0.480. The second-order valence-electron chi connectivity index (χ2n) is 8.12. The molecule has 2 aromatic rings. The molecule has 1 aliphatic rings. The van der Waals surface area contributed by atoms with E-state index in [4.69, 9.17) is 0 Å². The average molecular weight is 409 g/mol. The summed E-state index contributed by atoms with van der Waals surface area (Å²) in [6.45, 7) is 11.9. The van der Waals surface area contributed by atoms with Crippen LogP contribution < -0.4 is 10.2 Å². The summed E-state index contributed by atoms with van der Waals surface area (Å²) in [5, 5.41) is 3.05. The number of rotatable bonds is 10. The van der Waals surface area contributed by atoms with Crippen LogP contribution in [0, 0.1) is 0 Å². The van der Waals surface area contributed by atoms with Crippen molar-refractivity contribution in [3.8, 4) is 0 Å². The van der Waals surface area contributed by atoms with Crippen molar-refractivity contribution in [2.24, 2.45) is 0 Å². The van der Waals surface area contributed by atoms with Gasteiger partial charge >= 0.3 is 0 Å². The minimum Gasteiger partial charge on any atom is -0.369 e. The highest BCUT2D eigenvalue weighted by Gasteiger charge is 2.17. The van der Waals surface area contributed by atoms with Crippen LogP contribution in [0.5, 0.6) is 0 Å². The van der Waals surface area contributed by atoms with Crippen molar-refractivity contribution in [2.75, 3.05) is 56.0 Å². The average Bonchev–Trinajstić information content (AvgIpc) is 2.76. The summed E-state index contributed by atoms with van der Waals surface area (Å²) in [6.07, 6.45) is 2.14. The molecule has 0 saturated carbocycles. The second-order valence-corrected chi connectivity index (χ2v) is 8.12. The molecule has 30 heavy (non-hydrogen) atoms. The maximum absolute atomic E-state index is 12.4. The van der Waals surface area contributed by atoms with Gasteiger partial charge in [-0.2, -0.15) is 0 Å². The molecule has 0 spiro atoms. The Hall–Kier alpha value is -2.37. The van der Waals surface area contributed by atoms with Gasteiger partial charge in [0.15, 0.2) is 0 Å². The molecule has 5 nitrogen and oxygen atoms in total. The van der Waals surface area contributed by atoms with Gasteiger partial charge in [0.2, 0.25) is 5.91 Å². The summed E-state index contributed by atoms with van der Waals surface area (Å²) >= 11 is 0. The first-order valence-electron chi connectivity index (χ1n) is 11.3. The van der Waals surface area contributed by atoms with Crippen molar-refractivity contribution in [3.05, 3.63) is 60.2 Å². The van der Waals surface area contributed by atoms with Crippen LogP contribution in [0.1, 0.15) is 32.3 Å². The van der Waals surface area contributed by atoms with Gasteiger partial charge in [0, 0.05) is 44.1 Å². The van der Waals surface area contributed by atoms with Gasteiger partial charge in [-0.05, 0) is 55.8 Å². The van der Waals surface area contributed by atoms with E-state index in [0.29, 0.717) is 6.54 Å². The van der Waals surface area contributed by atoms with Gasteiger partial charge in [-0.3, -0.25) is 14.6 Å². The van der Waals surface area contributed by atoms with Crippen LogP contribution in [0.3, 0.4) is 0 Å². The Balaban J connectivity index is 1.46. The first-order chi connectivity index (χ1) is 14.7. The van der Waals surface area contributed by atoms with Crippen molar-refractivity contribution in [1.29, 1.82) is 0 Å². The van der Waals surface area contributed by atoms with Crippen molar-refractivity contribution >= 4 is 17.3 Å². The fourth-order valence-electron chi connectivity index (χ4n) is 4.07. The third kappa shape index (κ3) is 6.85. The molecule has 2 aromatic carbocycles. The Labute approximate surface area is 181 Å². The lowest BCUT2D eigenvalue weighted by Gasteiger charge is -2.36. The summed E-state index contributed by atoms with van der Waals surface area (Å²) < 4.78 is 0. The molecule has 0 bridgehead atoms. The number of nitrogens with one attached hydrogen (secondary N) is 1. The number of carbonyl (C=O) groups excluding carboxylic acids is 1. The topological polar surface area (TPSA) is 38.8 Å². The van der Waals surface area contributed by atoms with Gasteiger partial charge in [0.05, 0.1) is 6.54 Å². The minimum atomic E-state index is 0.0687. The molecule has 5 heteroatoms. The van der Waals surface area contributed by atoms with E-state index < -0.39 is 0 Å². The number of amides is 1. The maximum atomic E-state index is 12.4. The van der Waals surface area contributed by atoms with Crippen LogP contribution in [0.2, 0.25) is 0 Å². The van der Waals surface area contributed by atoms with Crippen LogP contribution >= 0.6 is 0 Å². The lowest BCUT2D eigenvalue weighted by Crippen LogP contribution is -2.45. The van der Waals surface area contributed by atoms with Gasteiger partial charge in [-0.25, -0.2) is 0 Å². The van der Waals surface area contributed by atoms with E-state index in [2.05, 4.69) is 76.3 Å². The smallest absolute Gasteiger partial charge is 0.238 e. The van der Waals surface area contributed by atoms with Gasteiger partial charge < -0.3 is 10.2 Å². The zero-order valence-corrected chi connectivity index (χ0v) is 18.5. The van der Waals surface area contributed by atoms with Crippen molar-refractivity contribution in [1.82, 2.24) is 9.80 Å². The maximum Gasteiger partial charge on any atom is 0.238 e. The standard InChI is InChI=1S/C25H36N4O/c1-3-14-27(15-4-2)21-25(30)26-23-10-12-24(13-11-23)29-18-16-28(17-19-29)20-22-8-6-5-7-9-22/h5-13H,3-4,14-21H2,1-2H3,(H,26,30). The van der Waals surface area contributed by atoms with Crippen LogP contribution in [0.4, 0.5) is 11.4 Å². The molecule has 1 N–H and O–H groups in total. The molecule has 1 fully saturated rings. The highest BCUT2D eigenvalue weighted by atomic mass is 16.2. The van der Waals surface area contributed by atoms with Crippen LogP contribution in [0.15, 0.2) is 54.6 Å². The molecule has 0 unspecified atom stereocenters. The lowest BCUT2D eigenvalue weighted by molar-refractivity contribution is -0.117. The highest BCUT2D eigenvalue weighted by molar-refractivity contribution is 5.92. The predicted octanol–water partition coefficient (Wildman–Crippen LogP) is 4.07. The number of hydrogen-bond donors (Lipinski definition) is 1. The van der Waals surface area contributed by atoms with E-state index in [9.17, 15) is 4.79 Å². The molecular weight excluding hydrogens is 372 g/mol. The zero-order valence-electron chi connectivity index (χ0n) is 18.5. The van der Waals surface area contributed by atoms with Crippen LogP contribution in [0.25, 0.3) is 0 Å². The number of carbonyl (C=O) groups is 1. The van der Waals surface area contributed by atoms with Crippen molar-refractivity contribution < 1.29 is 4.79 Å². The fourth-order valence-corrected chi connectivity index (χ4v) is 4.07. The Morgan fingerprint density at radius 3 is 2.13 bits per heavy atom. The first-order valence-corrected chi connectivity index (χ1v) is 11.3. The Kier molecular flexibility index (Phi) is 8.72. The van der Waals surface area contributed by atoms with E-state index in [1.165, 1.54) is 11.3 Å². The summed E-state index contributed by atoms with van der Waals surface area (Å²) in [4.78, 5) is 19.5. The molecule has 162 valence electrons. The monoisotopic (exact) mass is 408 g/mol. The SMILES string of the molecule is CCCN(CCC)CC(=O)Nc1ccc(N2CCN(Cc3ccccc3)CC2)cc1. The van der Waals surface area contributed by atoms with E-state index >= 15 is 0 Å². The largest absolute Gasteiger partial charge is 0.369 e. The molecule has 3 rings (SSSR count). The van der Waals surface area contributed by atoms with E-state index in [-0.39, 0.29) is 5.91 Å². The van der Waals surface area contributed by atoms with Crippen molar-refractivity contribution in [2.45, 2.75) is 33.2 Å². The second kappa shape index (κ2) is 11.7.